The van der Waals surface area contributed by atoms with Gasteiger partial charge in [0.2, 0.25) is 5.88 Å². The van der Waals surface area contributed by atoms with Crippen LogP contribution < -0.4 is 5.32 Å². The number of rotatable bonds is 2. The monoisotopic (exact) mass is 340 g/mol. The number of amides is 1. The van der Waals surface area contributed by atoms with Crippen molar-refractivity contribution in [2.45, 2.75) is 26.2 Å². The molecule has 1 amide bonds. The molecule has 1 heterocycles. The summed E-state index contributed by atoms with van der Waals surface area (Å²) in [5.41, 5.74) is 0.462. The molecule has 0 aliphatic carbocycles. The van der Waals surface area contributed by atoms with Crippen molar-refractivity contribution in [1.82, 2.24) is 5.16 Å². The zero-order valence-corrected chi connectivity index (χ0v) is 12.9. The predicted octanol–water partition coefficient (Wildman–Crippen LogP) is 4.13. The van der Waals surface area contributed by atoms with E-state index >= 15 is 0 Å². The number of hydrogen-bond acceptors (Lipinski definition) is 3. The fourth-order valence-electron chi connectivity index (χ4n) is 1.54. The van der Waals surface area contributed by atoms with E-state index in [1.54, 1.807) is 6.07 Å². The van der Waals surface area contributed by atoms with E-state index in [2.05, 4.69) is 26.4 Å². The average molecular weight is 341 g/mol. The molecule has 4 nitrogen and oxygen atoms in total. The van der Waals surface area contributed by atoms with Crippen molar-refractivity contribution in [1.29, 1.82) is 0 Å². The van der Waals surface area contributed by atoms with Crippen molar-refractivity contribution in [3.63, 3.8) is 0 Å². The summed E-state index contributed by atoms with van der Waals surface area (Å²) in [4.78, 5) is 12.0. The molecule has 1 aromatic carbocycles. The van der Waals surface area contributed by atoms with Gasteiger partial charge in [0.25, 0.3) is 5.91 Å². The molecule has 0 radical (unpaired) electrons. The lowest BCUT2D eigenvalue weighted by molar-refractivity contribution is 0.102. The normalized spacial score (nSPS) is 11.4. The quantitative estimate of drug-likeness (QED) is 0.894. The third kappa shape index (κ3) is 3.25. The number of nitrogens with zero attached hydrogens (tertiary/aromatic N) is 1. The van der Waals surface area contributed by atoms with Crippen molar-refractivity contribution in [3.05, 3.63) is 45.8 Å². The third-order valence-corrected chi connectivity index (χ3v) is 3.18. The summed E-state index contributed by atoms with van der Waals surface area (Å²) >= 11 is 3.20. The Morgan fingerprint density at radius 3 is 2.65 bits per heavy atom. The Hall–Kier alpha value is -1.69. The summed E-state index contributed by atoms with van der Waals surface area (Å²) in [6.07, 6.45) is 0. The second-order valence-corrected chi connectivity index (χ2v) is 6.32. The van der Waals surface area contributed by atoms with Crippen LogP contribution in [0.15, 0.2) is 33.3 Å². The highest BCUT2D eigenvalue weighted by molar-refractivity contribution is 9.10. The molecule has 2 aromatic rings. The van der Waals surface area contributed by atoms with Gasteiger partial charge in [-0.2, -0.15) is 0 Å². The lowest BCUT2D eigenvalue weighted by Crippen LogP contribution is -2.13. The molecular weight excluding hydrogens is 327 g/mol. The van der Waals surface area contributed by atoms with Crippen LogP contribution >= 0.6 is 15.9 Å². The molecule has 1 aromatic heterocycles. The van der Waals surface area contributed by atoms with Crippen LogP contribution in [0.25, 0.3) is 0 Å². The molecule has 0 atom stereocenters. The summed E-state index contributed by atoms with van der Waals surface area (Å²) in [5, 5.41) is 6.37. The second kappa shape index (κ2) is 5.36. The standard InChI is InChI=1S/C14H14BrFN2O2/c1-14(2,3)11-7-12(20-18-11)17-13(19)9-6-8(15)4-5-10(9)16/h4-7H,1-3H3,(H,17,19). The van der Waals surface area contributed by atoms with Crippen molar-refractivity contribution >= 4 is 27.7 Å². The van der Waals surface area contributed by atoms with Crippen molar-refractivity contribution in [2.75, 3.05) is 5.32 Å². The summed E-state index contributed by atoms with van der Waals surface area (Å²) in [5.74, 6) is -0.985. The van der Waals surface area contributed by atoms with Gasteiger partial charge in [-0.1, -0.05) is 41.9 Å². The lowest BCUT2D eigenvalue weighted by atomic mass is 9.92. The van der Waals surface area contributed by atoms with Crippen LogP contribution in [0.4, 0.5) is 10.3 Å². The highest BCUT2D eigenvalue weighted by Gasteiger charge is 2.20. The first kappa shape index (κ1) is 14.7. The van der Waals surface area contributed by atoms with Gasteiger partial charge in [-0.05, 0) is 18.2 Å². The number of anilines is 1. The van der Waals surface area contributed by atoms with Crippen molar-refractivity contribution < 1.29 is 13.7 Å². The average Bonchev–Trinajstić information content (AvgIpc) is 2.80. The van der Waals surface area contributed by atoms with Crippen LogP contribution in [0.1, 0.15) is 36.8 Å². The van der Waals surface area contributed by atoms with E-state index in [1.165, 1.54) is 18.2 Å². The van der Waals surface area contributed by atoms with E-state index in [-0.39, 0.29) is 16.9 Å². The maximum atomic E-state index is 13.6. The minimum Gasteiger partial charge on any atom is -0.338 e. The van der Waals surface area contributed by atoms with Gasteiger partial charge in [0, 0.05) is 16.0 Å². The zero-order chi connectivity index (χ0) is 14.9. The molecule has 0 unspecified atom stereocenters. The minimum atomic E-state index is -0.596. The summed E-state index contributed by atoms with van der Waals surface area (Å²) in [6, 6.07) is 5.79. The van der Waals surface area contributed by atoms with E-state index in [9.17, 15) is 9.18 Å². The maximum absolute atomic E-state index is 13.6. The Morgan fingerprint density at radius 2 is 2.05 bits per heavy atom. The molecule has 6 heteroatoms. The number of carbonyl (C=O) groups excluding carboxylic acids is 1. The molecule has 106 valence electrons. The molecule has 20 heavy (non-hydrogen) atoms. The van der Waals surface area contributed by atoms with Crippen LogP contribution in [0.5, 0.6) is 0 Å². The predicted molar refractivity (Wildman–Crippen MR) is 77.3 cm³/mol. The number of hydrogen-bond donors (Lipinski definition) is 1. The highest BCUT2D eigenvalue weighted by atomic mass is 79.9. The van der Waals surface area contributed by atoms with E-state index in [1.807, 2.05) is 20.8 Å². The molecule has 0 aliphatic rings. The molecule has 0 aliphatic heterocycles. The van der Waals surface area contributed by atoms with Gasteiger partial charge in [-0.15, -0.1) is 0 Å². The van der Waals surface area contributed by atoms with Crippen LogP contribution in [0.3, 0.4) is 0 Å². The largest absolute Gasteiger partial charge is 0.338 e. The van der Waals surface area contributed by atoms with Gasteiger partial charge in [0.15, 0.2) is 0 Å². The number of nitrogens with one attached hydrogen (secondary N) is 1. The zero-order valence-electron chi connectivity index (χ0n) is 11.3. The Kier molecular flexibility index (Phi) is 3.94. The Labute approximate surface area is 124 Å². The fourth-order valence-corrected chi connectivity index (χ4v) is 1.90. The smallest absolute Gasteiger partial charge is 0.261 e. The van der Waals surface area contributed by atoms with Gasteiger partial charge >= 0.3 is 0 Å². The number of aromatic nitrogens is 1. The Morgan fingerprint density at radius 1 is 1.35 bits per heavy atom. The van der Waals surface area contributed by atoms with Crippen molar-refractivity contribution in [2.24, 2.45) is 0 Å². The second-order valence-electron chi connectivity index (χ2n) is 5.40. The van der Waals surface area contributed by atoms with Crippen molar-refractivity contribution in [3.8, 4) is 0 Å². The van der Waals surface area contributed by atoms with Crippen LogP contribution in [-0.4, -0.2) is 11.1 Å². The van der Waals surface area contributed by atoms with E-state index in [0.29, 0.717) is 10.2 Å². The Balaban J connectivity index is 2.20. The van der Waals surface area contributed by atoms with Crippen LogP contribution in [-0.2, 0) is 5.41 Å². The topological polar surface area (TPSA) is 55.1 Å². The van der Waals surface area contributed by atoms with E-state index in [0.717, 1.165) is 0 Å². The van der Waals surface area contributed by atoms with Gasteiger partial charge in [0.05, 0.1) is 11.3 Å². The third-order valence-electron chi connectivity index (χ3n) is 2.69. The molecule has 0 saturated carbocycles. The van der Waals surface area contributed by atoms with E-state index in [4.69, 9.17) is 4.52 Å². The van der Waals surface area contributed by atoms with Crippen LogP contribution in [0.2, 0.25) is 0 Å². The molecule has 0 bridgehead atoms. The summed E-state index contributed by atoms with van der Waals surface area (Å²) < 4.78 is 19.2. The number of carbonyl (C=O) groups is 1. The first-order chi connectivity index (χ1) is 9.27. The number of halogens is 2. The van der Waals surface area contributed by atoms with Gasteiger partial charge in [-0.25, -0.2) is 4.39 Å². The van der Waals surface area contributed by atoms with Crippen LogP contribution in [0, 0.1) is 5.82 Å². The minimum absolute atomic E-state index is 0.0620. The summed E-state index contributed by atoms with van der Waals surface area (Å²) in [6.45, 7) is 5.93. The number of benzene rings is 1. The highest BCUT2D eigenvalue weighted by Crippen LogP contribution is 2.24. The Bertz CT molecular complexity index is 647. The lowest BCUT2D eigenvalue weighted by Gasteiger charge is -2.12. The SMILES string of the molecule is CC(C)(C)c1cc(NC(=O)c2cc(Br)ccc2F)on1. The van der Waals surface area contributed by atoms with E-state index < -0.39 is 11.7 Å². The molecule has 1 N–H and O–H groups in total. The first-order valence-electron chi connectivity index (χ1n) is 6.01. The molecular formula is C14H14BrFN2O2. The molecule has 0 saturated heterocycles. The van der Waals surface area contributed by atoms with Gasteiger partial charge < -0.3 is 4.52 Å². The molecule has 2 rings (SSSR count). The first-order valence-corrected chi connectivity index (χ1v) is 6.80. The fraction of sp³-hybridized carbons (Fsp3) is 0.286. The summed E-state index contributed by atoms with van der Waals surface area (Å²) in [7, 11) is 0. The molecule has 0 fully saturated rings. The van der Waals surface area contributed by atoms with Gasteiger partial charge in [0.1, 0.15) is 5.82 Å². The van der Waals surface area contributed by atoms with Gasteiger partial charge in [-0.3, -0.25) is 10.1 Å². The molecule has 0 spiro atoms. The maximum Gasteiger partial charge on any atom is 0.261 e.